The van der Waals surface area contributed by atoms with Gasteiger partial charge in [0, 0.05) is 17.6 Å². The van der Waals surface area contributed by atoms with Crippen LogP contribution in [0.2, 0.25) is 0 Å². The van der Waals surface area contributed by atoms with Gasteiger partial charge in [0.05, 0.1) is 0 Å². The van der Waals surface area contributed by atoms with Gasteiger partial charge < -0.3 is 5.32 Å². The molecule has 0 heterocycles. The molecule has 0 saturated carbocycles. The SMILES string of the molecule is CCCCCC(C)NC(C)c1ccccc1F. The number of nitrogens with one attached hydrogen (secondary N) is 1. The van der Waals surface area contributed by atoms with Gasteiger partial charge in [-0.3, -0.25) is 0 Å². The number of hydrogen-bond donors (Lipinski definition) is 1. The number of benzene rings is 1. The van der Waals surface area contributed by atoms with Crippen molar-refractivity contribution in [3.8, 4) is 0 Å². The fraction of sp³-hybridized carbons (Fsp3) is 0.600. The first-order valence-electron chi connectivity index (χ1n) is 6.65. The summed E-state index contributed by atoms with van der Waals surface area (Å²) >= 11 is 0. The van der Waals surface area contributed by atoms with Crippen molar-refractivity contribution in [1.82, 2.24) is 5.32 Å². The van der Waals surface area contributed by atoms with Crippen LogP contribution in [0.4, 0.5) is 4.39 Å². The van der Waals surface area contributed by atoms with Gasteiger partial charge in [0.25, 0.3) is 0 Å². The minimum Gasteiger partial charge on any atom is -0.308 e. The maximum Gasteiger partial charge on any atom is 0.127 e. The van der Waals surface area contributed by atoms with Gasteiger partial charge in [-0.25, -0.2) is 4.39 Å². The van der Waals surface area contributed by atoms with Crippen LogP contribution in [-0.4, -0.2) is 6.04 Å². The zero-order chi connectivity index (χ0) is 12.7. The lowest BCUT2D eigenvalue weighted by Gasteiger charge is -2.20. The van der Waals surface area contributed by atoms with Crippen LogP contribution < -0.4 is 5.32 Å². The highest BCUT2D eigenvalue weighted by atomic mass is 19.1. The largest absolute Gasteiger partial charge is 0.308 e. The molecule has 0 saturated heterocycles. The van der Waals surface area contributed by atoms with E-state index in [1.54, 1.807) is 6.07 Å². The number of unbranched alkanes of at least 4 members (excludes halogenated alkanes) is 2. The van der Waals surface area contributed by atoms with Gasteiger partial charge in [-0.05, 0) is 26.3 Å². The van der Waals surface area contributed by atoms with Crippen molar-refractivity contribution in [3.05, 3.63) is 35.6 Å². The van der Waals surface area contributed by atoms with Gasteiger partial charge >= 0.3 is 0 Å². The number of halogens is 1. The quantitative estimate of drug-likeness (QED) is 0.691. The molecular formula is C15H24FN. The first-order chi connectivity index (χ1) is 8.15. The molecule has 0 aliphatic carbocycles. The molecule has 0 amide bonds. The summed E-state index contributed by atoms with van der Waals surface area (Å²) in [5.41, 5.74) is 0.759. The van der Waals surface area contributed by atoms with Crippen molar-refractivity contribution in [2.75, 3.05) is 0 Å². The van der Waals surface area contributed by atoms with E-state index in [-0.39, 0.29) is 11.9 Å². The van der Waals surface area contributed by atoms with E-state index in [2.05, 4.69) is 19.2 Å². The molecule has 17 heavy (non-hydrogen) atoms. The van der Waals surface area contributed by atoms with Crippen molar-refractivity contribution in [2.24, 2.45) is 0 Å². The highest BCUT2D eigenvalue weighted by molar-refractivity contribution is 5.20. The smallest absolute Gasteiger partial charge is 0.127 e. The molecule has 1 aromatic rings. The van der Waals surface area contributed by atoms with Crippen LogP contribution in [0.1, 0.15) is 58.1 Å². The average Bonchev–Trinajstić information content (AvgIpc) is 2.29. The molecule has 0 bridgehead atoms. The van der Waals surface area contributed by atoms with Crippen LogP contribution in [0, 0.1) is 5.82 Å². The van der Waals surface area contributed by atoms with E-state index in [0.29, 0.717) is 6.04 Å². The van der Waals surface area contributed by atoms with Crippen molar-refractivity contribution < 1.29 is 4.39 Å². The fourth-order valence-electron chi connectivity index (χ4n) is 2.13. The molecule has 0 spiro atoms. The predicted molar refractivity (Wildman–Crippen MR) is 71.6 cm³/mol. The van der Waals surface area contributed by atoms with Gasteiger partial charge in [0.1, 0.15) is 5.82 Å². The topological polar surface area (TPSA) is 12.0 Å². The summed E-state index contributed by atoms with van der Waals surface area (Å²) < 4.78 is 13.6. The zero-order valence-corrected chi connectivity index (χ0v) is 11.2. The van der Waals surface area contributed by atoms with E-state index in [0.717, 1.165) is 12.0 Å². The molecule has 2 heteroatoms. The van der Waals surface area contributed by atoms with E-state index >= 15 is 0 Å². The lowest BCUT2D eigenvalue weighted by atomic mass is 10.0. The molecule has 0 fully saturated rings. The second kappa shape index (κ2) is 7.44. The molecular weight excluding hydrogens is 213 g/mol. The van der Waals surface area contributed by atoms with Crippen LogP contribution in [0.15, 0.2) is 24.3 Å². The average molecular weight is 237 g/mol. The van der Waals surface area contributed by atoms with Gasteiger partial charge in [0.2, 0.25) is 0 Å². The van der Waals surface area contributed by atoms with Crippen LogP contribution in [0.3, 0.4) is 0 Å². The molecule has 1 N–H and O–H groups in total. The Morgan fingerprint density at radius 3 is 2.53 bits per heavy atom. The van der Waals surface area contributed by atoms with Gasteiger partial charge in [-0.1, -0.05) is 44.4 Å². The lowest BCUT2D eigenvalue weighted by Crippen LogP contribution is -2.29. The Morgan fingerprint density at radius 1 is 1.18 bits per heavy atom. The summed E-state index contributed by atoms with van der Waals surface area (Å²) in [5.74, 6) is -0.117. The number of hydrogen-bond acceptors (Lipinski definition) is 1. The summed E-state index contributed by atoms with van der Waals surface area (Å²) in [6, 6.07) is 7.51. The van der Waals surface area contributed by atoms with Crippen LogP contribution in [0.5, 0.6) is 0 Å². The standard InChI is InChI=1S/C15H24FN/c1-4-5-6-9-12(2)17-13(3)14-10-7-8-11-15(14)16/h7-8,10-13,17H,4-6,9H2,1-3H3. The summed E-state index contributed by atoms with van der Waals surface area (Å²) in [6.07, 6.45) is 4.93. The van der Waals surface area contributed by atoms with Gasteiger partial charge in [-0.2, -0.15) is 0 Å². The molecule has 1 aromatic carbocycles. The van der Waals surface area contributed by atoms with E-state index in [9.17, 15) is 4.39 Å². The highest BCUT2D eigenvalue weighted by Crippen LogP contribution is 2.17. The highest BCUT2D eigenvalue weighted by Gasteiger charge is 2.12. The van der Waals surface area contributed by atoms with Crippen LogP contribution in [-0.2, 0) is 0 Å². The molecule has 1 nitrogen and oxygen atoms in total. The summed E-state index contributed by atoms with van der Waals surface area (Å²) in [5, 5.41) is 3.46. The molecule has 2 atom stereocenters. The molecule has 0 aliphatic rings. The van der Waals surface area contributed by atoms with Gasteiger partial charge in [-0.15, -0.1) is 0 Å². The molecule has 1 rings (SSSR count). The third-order valence-corrected chi connectivity index (χ3v) is 3.15. The molecule has 96 valence electrons. The van der Waals surface area contributed by atoms with Crippen molar-refractivity contribution in [2.45, 2.75) is 58.5 Å². The van der Waals surface area contributed by atoms with Crippen LogP contribution >= 0.6 is 0 Å². The first-order valence-corrected chi connectivity index (χ1v) is 6.65. The molecule has 0 aromatic heterocycles. The predicted octanol–water partition coefficient (Wildman–Crippen LogP) is 4.45. The first kappa shape index (κ1) is 14.2. The van der Waals surface area contributed by atoms with Crippen LogP contribution in [0.25, 0.3) is 0 Å². The van der Waals surface area contributed by atoms with Gasteiger partial charge in [0.15, 0.2) is 0 Å². The third-order valence-electron chi connectivity index (χ3n) is 3.15. The zero-order valence-electron chi connectivity index (χ0n) is 11.2. The second-order valence-electron chi connectivity index (χ2n) is 4.81. The van der Waals surface area contributed by atoms with Crippen molar-refractivity contribution in [3.63, 3.8) is 0 Å². The van der Waals surface area contributed by atoms with E-state index in [1.807, 2.05) is 19.1 Å². The minimum absolute atomic E-state index is 0.0767. The molecule has 2 unspecified atom stereocenters. The van der Waals surface area contributed by atoms with E-state index in [4.69, 9.17) is 0 Å². The number of rotatable bonds is 7. The second-order valence-corrected chi connectivity index (χ2v) is 4.81. The van der Waals surface area contributed by atoms with Crippen molar-refractivity contribution >= 4 is 0 Å². The minimum atomic E-state index is -0.117. The summed E-state index contributed by atoms with van der Waals surface area (Å²) in [4.78, 5) is 0. The van der Waals surface area contributed by atoms with Crippen molar-refractivity contribution in [1.29, 1.82) is 0 Å². The fourth-order valence-corrected chi connectivity index (χ4v) is 2.13. The molecule has 0 radical (unpaired) electrons. The lowest BCUT2D eigenvalue weighted by molar-refractivity contribution is 0.430. The maximum absolute atomic E-state index is 13.6. The normalized spacial score (nSPS) is 14.6. The molecule has 0 aliphatic heterocycles. The Bertz CT molecular complexity index is 324. The van der Waals surface area contributed by atoms with E-state index in [1.165, 1.54) is 25.3 Å². The third kappa shape index (κ3) is 4.86. The summed E-state index contributed by atoms with van der Waals surface area (Å²) in [7, 11) is 0. The Balaban J connectivity index is 2.43. The Morgan fingerprint density at radius 2 is 1.88 bits per heavy atom. The Kier molecular flexibility index (Phi) is 6.20. The Hall–Kier alpha value is -0.890. The summed E-state index contributed by atoms with van der Waals surface area (Å²) in [6.45, 7) is 6.40. The maximum atomic E-state index is 13.6. The monoisotopic (exact) mass is 237 g/mol. The Labute approximate surface area is 104 Å². The van der Waals surface area contributed by atoms with E-state index < -0.39 is 0 Å².